The number of carbonyl (C=O) groups excluding carboxylic acids is 1. The Morgan fingerprint density at radius 3 is 2.69 bits per heavy atom. The minimum Gasteiger partial charge on any atom is -0.326 e. The molecule has 1 aliphatic carbocycles. The summed E-state index contributed by atoms with van der Waals surface area (Å²) in [4.78, 5) is 12.1. The summed E-state index contributed by atoms with van der Waals surface area (Å²) in [5.74, 6) is 0.583. The molecule has 1 fully saturated rings. The second kappa shape index (κ2) is 4.91. The van der Waals surface area contributed by atoms with Gasteiger partial charge in [-0.05, 0) is 42.5 Å². The normalized spacial score (nSPS) is 16.4. The van der Waals surface area contributed by atoms with E-state index in [1.807, 2.05) is 12.1 Å². The van der Waals surface area contributed by atoms with Crippen molar-refractivity contribution < 1.29 is 4.79 Å². The van der Waals surface area contributed by atoms with Gasteiger partial charge in [-0.15, -0.1) is 12.6 Å². The average Bonchev–Trinajstić information content (AvgIpc) is 2.73. The SMILES string of the molecule is CC(=O)Nc1ccc(S)cc1C1CCCC1. The second-order valence-electron chi connectivity index (χ2n) is 4.43. The monoisotopic (exact) mass is 235 g/mol. The van der Waals surface area contributed by atoms with Crippen LogP contribution in [-0.2, 0) is 4.79 Å². The van der Waals surface area contributed by atoms with Crippen molar-refractivity contribution in [1.82, 2.24) is 0 Å². The number of thiol groups is 1. The summed E-state index contributed by atoms with van der Waals surface area (Å²) < 4.78 is 0. The molecule has 1 saturated carbocycles. The Labute approximate surface area is 102 Å². The first-order chi connectivity index (χ1) is 7.66. The molecule has 1 aromatic rings. The average molecular weight is 235 g/mol. The van der Waals surface area contributed by atoms with Crippen LogP contribution in [0.1, 0.15) is 44.1 Å². The lowest BCUT2D eigenvalue weighted by Crippen LogP contribution is -2.09. The highest BCUT2D eigenvalue weighted by Crippen LogP contribution is 2.38. The highest BCUT2D eigenvalue weighted by molar-refractivity contribution is 7.80. The summed E-state index contributed by atoms with van der Waals surface area (Å²) in [7, 11) is 0. The molecule has 16 heavy (non-hydrogen) atoms. The molecule has 3 heteroatoms. The molecule has 1 N–H and O–H groups in total. The van der Waals surface area contributed by atoms with Crippen LogP contribution < -0.4 is 5.32 Å². The van der Waals surface area contributed by atoms with Crippen LogP contribution in [0.25, 0.3) is 0 Å². The summed E-state index contributed by atoms with van der Waals surface area (Å²) in [6.07, 6.45) is 5.04. The van der Waals surface area contributed by atoms with Crippen LogP contribution in [0.15, 0.2) is 23.1 Å². The van der Waals surface area contributed by atoms with E-state index in [4.69, 9.17) is 0 Å². The van der Waals surface area contributed by atoms with Crippen molar-refractivity contribution in [2.75, 3.05) is 5.32 Å². The maximum atomic E-state index is 11.1. The van der Waals surface area contributed by atoms with Gasteiger partial charge in [-0.1, -0.05) is 12.8 Å². The fraction of sp³-hybridized carbons (Fsp3) is 0.462. The molecule has 2 rings (SSSR count). The molecule has 0 aliphatic heterocycles. The Balaban J connectivity index is 2.31. The van der Waals surface area contributed by atoms with E-state index in [1.54, 1.807) is 6.92 Å². The van der Waals surface area contributed by atoms with Crippen LogP contribution in [0.4, 0.5) is 5.69 Å². The van der Waals surface area contributed by atoms with Crippen LogP contribution in [0.5, 0.6) is 0 Å². The molecule has 0 bridgehead atoms. The number of amides is 1. The third-order valence-electron chi connectivity index (χ3n) is 3.14. The van der Waals surface area contributed by atoms with Crippen LogP contribution in [0.2, 0.25) is 0 Å². The molecule has 86 valence electrons. The summed E-state index contributed by atoms with van der Waals surface area (Å²) in [5, 5.41) is 2.90. The van der Waals surface area contributed by atoms with Gasteiger partial charge in [0.05, 0.1) is 0 Å². The van der Waals surface area contributed by atoms with E-state index in [2.05, 4.69) is 24.0 Å². The highest BCUT2D eigenvalue weighted by atomic mass is 32.1. The van der Waals surface area contributed by atoms with E-state index in [1.165, 1.54) is 31.2 Å². The van der Waals surface area contributed by atoms with Crippen LogP contribution in [-0.4, -0.2) is 5.91 Å². The van der Waals surface area contributed by atoms with Crippen molar-refractivity contribution in [2.45, 2.75) is 43.4 Å². The summed E-state index contributed by atoms with van der Waals surface area (Å²) >= 11 is 4.37. The van der Waals surface area contributed by atoms with E-state index >= 15 is 0 Å². The van der Waals surface area contributed by atoms with Crippen molar-refractivity contribution in [3.05, 3.63) is 23.8 Å². The van der Waals surface area contributed by atoms with Crippen molar-refractivity contribution in [1.29, 1.82) is 0 Å². The summed E-state index contributed by atoms with van der Waals surface area (Å²) in [6.45, 7) is 1.55. The molecule has 0 saturated heterocycles. The first-order valence-corrected chi connectivity index (χ1v) is 6.22. The van der Waals surface area contributed by atoms with Gasteiger partial charge in [-0.2, -0.15) is 0 Å². The van der Waals surface area contributed by atoms with Crippen LogP contribution >= 0.6 is 12.6 Å². The van der Waals surface area contributed by atoms with Gasteiger partial charge < -0.3 is 5.32 Å². The van der Waals surface area contributed by atoms with Gasteiger partial charge in [-0.3, -0.25) is 4.79 Å². The standard InChI is InChI=1S/C13H17NOS/c1-9(15)14-13-7-6-11(16)8-12(13)10-4-2-3-5-10/h6-8,10,16H,2-5H2,1H3,(H,14,15). The lowest BCUT2D eigenvalue weighted by atomic mass is 9.96. The minimum atomic E-state index is -0.00818. The zero-order valence-electron chi connectivity index (χ0n) is 9.49. The molecular formula is C13H17NOS. The zero-order chi connectivity index (χ0) is 11.5. The van der Waals surface area contributed by atoms with Gasteiger partial charge >= 0.3 is 0 Å². The third-order valence-corrected chi connectivity index (χ3v) is 3.42. The second-order valence-corrected chi connectivity index (χ2v) is 4.95. The van der Waals surface area contributed by atoms with Crippen molar-refractivity contribution in [2.24, 2.45) is 0 Å². The highest BCUT2D eigenvalue weighted by Gasteiger charge is 2.20. The first kappa shape index (κ1) is 11.5. The van der Waals surface area contributed by atoms with Crippen LogP contribution in [0.3, 0.4) is 0 Å². The molecule has 0 heterocycles. The molecule has 0 aromatic heterocycles. The quantitative estimate of drug-likeness (QED) is 0.754. The molecule has 2 nitrogen and oxygen atoms in total. The van der Waals surface area contributed by atoms with Gasteiger partial charge in [0.25, 0.3) is 0 Å². The van der Waals surface area contributed by atoms with Crippen molar-refractivity contribution >= 4 is 24.2 Å². The van der Waals surface area contributed by atoms with Crippen LogP contribution in [0, 0.1) is 0 Å². The first-order valence-electron chi connectivity index (χ1n) is 5.77. The fourth-order valence-corrected chi connectivity index (χ4v) is 2.64. The molecule has 0 unspecified atom stereocenters. The number of benzene rings is 1. The number of hydrogen-bond acceptors (Lipinski definition) is 2. The van der Waals surface area contributed by atoms with Gasteiger partial charge in [0.1, 0.15) is 0 Å². The number of nitrogens with one attached hydrogen (secondary N) is 1. The topological polar surface area (TPSA) is 29.1 Å². The zero-order valence-corrected chi connectivity index (χ0v) is 10.4. The van der Waals surface area contributed by atoms with Crippen molar-refractivity contribution in [3.63, 3.8) is 0 Å². The molecule has 1 amide bonds. The Hall–Kier alpha value is -0.960. The molecular weight excluding hydrogens is 218 g/mol. The van der Waals surface area contributed by atoms with Gasteiger partial charge in [0, 0.05) is 17.5 Å². The maximum Gasteiger partial charge on any atom is 0.221 e. The van der Waals surface area contributed by atoms with Gasteiger partial charge in [-0.25, -0.2) is 0 Å². The lowest BCUT2D eigenvalue weighted by molar-refractivity contribution is -0.114. The molecule has 0 atom stereocenters. The number of anilines is 1. The van der Waals surface area contributed by atoms with Gasteiger partial charge in [0.15, 0.2) is 0 Å². The number of hydrogen-bond donors (Lipinski definition) is 2. The minimum absolute atomic E-state index is 0.00818. The van der Waals surface area contributed by atoms with E-state index in [-0.39, 0.29) is 5.91 Å². The number of rotatable bonds is 2. The Kier molecular flexibility index (Phi) is 3.54. The predicted octanol–water partition coefficient (Wildman–Crippen LogP) is 3.59. The Morgan fingerprint density at radius 1 is 1.38 bits per heavy atom. The maximum absolute atomic E-state index is 11.1. The molecule has 0 spiro atoms. The number of carbonyl (C=O) groups is 1. The van der Waals surface area contributed by atoms with Gasteiger partial charge in [0.2, 0.25) is 5.91 Å². The molecule has 0 radical (unpaired) electrons. The fourth-order valence-electron chi connectivity index (χ4n) is 2.43. The smallest absolute Gasteiger partial charge is 0.221 e. The van der Waals surface area contributed by atoms with E-state index in [0.717, 1.165) is 10.6 Å². The predicted molar refractivity (Wildman–Crippen MR) is 69.2 cm³/mol. The van der Waals surface area contributed by atoms with E-state index < -0.39 is 0 Å². The van der Waals surface area contributed by atoms with E-state index in [0.29, 0.717) is 5.92 Å². The summed E-state index contributed by atoms with van der Waals surface area (Å²) in [5.41, 5.74) is 2.21. The third kappa shape index (κ3) is 2.59. The Bertz CT molecular complexity index is 397. The summed E-state index contributed by atoms with van der Waals surface area (Å²) in [6, 6.07) is 5.97. The molecule has 1 aliphatic rings. The van der Waals surface area contributed by atoms with Crippen molar-refractivity contribution in [3.8, 4) is 0 Å². The Morgan fingerprint density at radius 2 is 2.06 bits per heavy atom. The molecule has 1 aromatic carbocycles. The van der Waals surface area contributed by atoms with E-state index in [9.17, 15) is 4.79 Å². The largest absolute Gasteiger partial charge is 0.326 e. The lowest BCUT2D eigenvalue weighted by Gasteiger charge is -2.16.